The number of ether oxygens (including phenoxy) is 1. The van der Waals surface area contributed by atoms with Crippen LogP contribution in [-0.2, 0) is 6.42 Å². The predicted octanol–water partition coefficient (Wildman–Crippen LogP) is 2.64. The molecule has 17 heavy (non-hydrogen) atoms. The molecule has 0 unspecified atom stereocenters. The summed E-state index contributed by atoms with van der Waals surface area (Å²) in [5.74, 6) is 0.871. The Hall–Kier alpha value is -1.80. The molecule has 2 aromatic carbocycles. The van der Waals surface area contributed by atoms with Crippen molar-refractivity contribution in [3.05, 3.63) is 66.2 Å². The Labute approximate surface area is 102 Å². The molecule has 0 aliphatic rings. The monoisotopic (exact) mass is 227 g/mol. The van der Waals surface area contributed by atoms with Gasteiger partial charge < -0.3 is 10.5 Å². The van der Waals surface area contributed by atoms with E-state index in [4.69, 9.17) is 10.5 Å². The summed E-state index contributed by atoms with van der Waals surface area (Å²) in [7, 11) is 0. The van der Waals surface area contributed by atoms with E-state index in [1.807, 2.05) is 48.5 Å². The topological polar surface area (TPSA) is 35.2 Å². The van der Waals surface area contributed by atoms with Gasteiger partial charge in [-0.2, -0.15) is 0 Å². The molecule has 0 spiro atoms. The highest BCUT2D eigenvalue weighted by Gasteiger charge is 2.04. The average molecular weight is 227 g/mol. The lowest BCUT2D eigenvalue weighted by Gasteiger charge is -2.13. The van der Waals surface area contributed by atoms with Crippen LogP contribution in [-0.4, -0.2) is 12.6 Å². The molecule has 1 atom stereocenters. The fourth-order valence-electron chi connectivity index (χ4n) is 1.70. The second-order valence-electron chi connectivity index (χ2n) is 4.07. The van der Waals surface area contributed by atoms with Gasteiger partial charge >= 0.3 is 0 Å². The third-order valence-electron chi connectivity index (χ3n) is 2.55. The van der Waals surface area contributed by atoms with Crippen LogP contribution < -0.4 is 10.5 Å². The summed E-state index contributed by atoms with van der Waals surface area (Å²) in [6.45, 7) is 0.541. The molecule has 2 aromatic rings. The predicted molar refractivity (Wildman–Crippen MR) is 70.1 cm³/mol. The molecular formula is C15H17NO. The summed E-state index contributed by atoms with van der Waals surface area (Å²) in [5, 5.41) is 0. The summed E-state index contributed by atoms with van der Waals surface area (Å²) in [5.41, 5.74) is 7.28. The lowest BCUT2D eigenvalue weighted by molar-refractivity contribution is 0.287. The summed E-state index contributed by atoms with van der Waals surface area (Å²) in [6.07, 6.45) is 0.841. The van der Waals surface area contributed by atoms with Gasteiger partial charge in [-0.25, -0.2) is 0 Å². The van der Waals surface area contributed by atoms with Crippen LogP contribution in [0, 0.1) is 0 Å². The fourth-order valence-corrected chi connectivity index (χ4v) is 1.70. The normalized spacial score (nSPS) is 12.1. The van der Waals surface area contributed by atoms with Crippen LogP contribution in [0.3, 0.4) is 0 Å². The minimum atomic E-state index is 0.0256. The van der Waals surface area contributed by atoms with Crippen LogP contribution in [0.2, 0.25) is 0 Å². The zero-order valence-corrected chi connectivity index (χ0v) is 9.75. The molecule has 2 rings (SSSR count). The SMILES string of the molecule is N[C@@H](COc1ccccc1)Cc1ccccc1. The maximum Gasteiger partial charge on any atom is 0.119 e. The maximum absolute atomic E-state index is 6.03. The van der Waals surface area contributed by atoms with Crippen molar-refractivity contribution in [3.63, 3.8) is 0 Å². The Balaban J connectivity index is 1.80. The third kappa shape index (κ3) is 3.93. The zero-order valence-electron chi connectivity index (χ0n) is 9.75. The highest BCUT2D eigenvalue weighted by atomic mass is 16.5. The fraction of sp³-hybridized carbons (Fsp3) is 0.200. The molecule has 0 heterocycles. The molecule has 0 aromatic heterocycles. The Morgan fingerprint density at radius 1 is 0.882 bits per heavy atom. The highest BCUT2D eigenvalue weighted by molar-refractivity contribution is 5.21. The van der Waals surface area contributed by atoms with E-state index in [1.54, 1.807) is 0 Å². The van der Waals surface area contributed by atoms with E-state index in [1.165, 1.54) is 5.56 Å². The van der Waals surface area contributed by atoms with Crippen molar-refractivity contribution >= 4 is 0 Å². The van der Waals surface area contributed by atoms with Gasteiger partial charge in [0.25, 0.3) is 0 Å². The van der Waals surface area contributed by atoms with E-state index >= 15 is 0 Å². The molecule has 0 saturated heterocycles. The molecule has 0 amide bonds. The maximum atomic E-state index is 6.03. The first-order chi connectivity index (χ1) is 8.34. The van der Waals surface area contributed by atoms with Gasteiger partial charge in [-0.05, 0) is 24.1 Å². The van der Waals surface area contributed by atoms with Crippen LogP contribution in [0.5, 0.6) is 5.75 Å². The molecule has 2 heteroatoms. The minimum absolute atomic E-state index is 0.0256. The molecule has 0 bridgehead atoms. The highest BCUT2D eigenvalue weighted by Crippen LogP contribution is 2.09. The first-order valence-corrected chi connectivity index (χ1v) is 5.82. The van der Waals surface area contributed by atoms with Crippen molar-refractivity contribution in [3.8, 4) is 5.75 Å². The molecule has 0 radical (unpaired) electrons. The Kier molecular flexibility index (Phi) is 4.17. The minimum Gasteiger partial charge on any atom is -0.492 e. The van der Waals surface area contributed by atoms with Gasteiger partial charge in [-0.3, -0.25) is 0 Å². The number of benzene rings is 2. The number of hydrogen-bond acceptors (Lipinski definition) is 2. The molecule has 0 fully saturated rings. The Morgan fingerprint density at radius 2 is 1.47 bits per heavy atom. The van der Waals surface area contributed by atoms with E-state index < -0.39 is 0 Å². The molecule has 0 aliphatic heterocycles. The summed E-state index contributed by atoms with van der Waals surface area (Å²) in [4.78, 5) is 0. The standard InChI is InChI=1S/C15H17NO/c16-14(11-13-7-3-1-4-8-13)12-17-15-9-5-2-6-10-15/h1-10,14H,11-12,16H2/t14-/m1/s1. The second-order valence-corrected chi connectivity index (χ2v) is 4.07. The van der Waals surface area contributed by atoms with Gasteiger partial charge in [-0.1, -0.05) is 48.5 Å². The second kappa shape index (κ2) is 6.06. The zero-order chi connectivity index (χ0) is 11.9. The van der Waals surface area contributed by atoms with Crippen molar-refractivity contribution in [2.24, 2.45) is 5.73 Å². The largest absolute Gasteiger partial charge is 0.492 e. The van der Waals surface area contributed by atoms with Crippen molar-refractivity contribution in [1.29, 1.82) is 0 Å². The number of para-hydroxylation sites is 1. The van der Waals surface area contributed by atoms with E-state index in [0.717, 1.165) is 12.2 Å². The van der Waals surface area contributed by atoms with E-state index in [0.29, 0.717) is 6.61 Å². The third-order valence-corrected chi connectivity index (χ3v) is 2.55. The van der Waals surface area contributed by atoms with Crippen LogP contribution in [0.25, 0.3) is 0 Å². The van der Waals surface area contributed by atoms with Crippen molar-refractivity contribution < 1.29 is 4.74 Å². The van der Waals surface area contributed by atoms with Crippen molar-refractivity contribution in [1.82, 2.24) is 0 Å². The molecule has 2 nitrogen and oxygen atoms in total. The molecular weight excluding hydrogens is 210 g/mol. The van der Waals surface area contributed by atoms with Crippen molar-refractivity contribution in [2.75, 3.05) is 6.61 Å². The van der Waals surface area contributed by atoms with Crippen LogP contribution >= 0.6 is 0 Å². The molecule has 2 N–H and O–H groups in total. The number of nitrogens with two attached hydrogens (primary N) is 1. The quantitative estimate of drug-likeness (QED) is 0.852. The van der Waals surface area contributed by atoms with E-state index in [-0.39, 0.29) is 6.04 Å². The molecule has 0 aliphatic carbocycles. The van der Waals surface area contributed by atoms with E-state index in [9.17, 15) is 0 Å². The lowest BCUT2D eigenvalue weighted by Crippen LogP contribution is -2.30. The Bertz CT molecular complexity index is 427. The first kappa shape index (κ1) is 11.7. The molecule has 0 saturated carbocycles. The smallest absolute Gasteiger partial charge is 0.119 e. The average Bonchev–Trinajstić information content (AvgIpc) is 2.39. The number of rotatable bonds is 5. The van der Waals surface area contributed by atoms with Crippen LogP contribution in [0.15, 0.2) is 60.7 Å². The first-order valence-electron chi connectivity index (χ1n) is 5.82. The van der Waals surface area contributed by atoms with Crippen molar-refractivity contribution in [2.45, 2.75) is 12.5 Å². The van der Waals surface area contributed by atoms with Gasteiger partial charge in [0.05, 0.1) is 0 Å². The van der Waals surface area contributed by atoms with Gasteiger partial charge in [0.2, 0.25) is 0 Å². The molecule has 88 valence electrons. The lowest BCUT2D eigenvalue weighted by atomic mass is 10.1. The number of hydrogen-bond donors (Lipinski definition) is 1. The van der Waals surface area contributed by atoms with Gasteiger partial charge in [0.15, 0.2) is 0 Å². The summed E-state index contributed by atoms with van der Waals surface area (Å²) >= 11 is 0. The Morgan fingerprint density at radius 3 is 2.12 bits per heavy atom. The van der Waals surface area contributed by atoms with Crippen LogP contribution in [0.1, 0.15) is 5.56 Å². The van der Waals surface area contributed by atoms with E-state index in [2.05, 4.69) is 12.1 Å². The van der Waals surface area contributed by atoms with Crippen LogP contribution in [0.4, 0.5) is 0 Å². The van der Waals surface area contributed by atoms with Gasteiger partial charge in [0.1, 0.15) is 12.4 Å². The van der Waals surface area contributed by atoms with Gasteiger partial charge in [-0.15, -0.1) is 0 Å². The summed E-state index contributed by atoms with van der Waals surface area (Å²) < 4.78 is 5.61. The van der Waals surface area contributed by atoms with Gasteiger partial charge in [0, 0.05) is 6.04 Å². The summed E-state index contributed by atoms with van der Waals surface area (Å²) in [6, 6.07) is 20.0.